The first-order valence-electron chi connectivity index (χ1n) is 8.27. The van der Waals surface area contributed by atoms with Crippen LogP contribution in [0.3, 0.4) is 0 Å². The highest BCUT2D eigenvalue weighted by Gasteiger charge is 2.14. The molecule has 0 amide bonds. The van der Waals surface area contributed by atoms with Crippen molar-refractivity contribution in [2.24, 2.45) is 5.92 Å². The third kappa shape index (κ3) is 4.88. The first-order chi connectivity index (χ1) is 11.1. The number of aryl methyl sites for hydroxylation is 1. The van der Waals surface area contributed by atoms with E-state index < -0.39 is 0 Å². The topological polar surface area (TPSA) is 52.1 Å². The predicted octanol–water partition coefficient (Wildman–Crippen LogP) is 4.44. The molecule has 4 heteroatoms. The van der Waals surface area contributed by atoms with Gasteiger partial charge in [-0.2, -0.15) is 0 Å². The normalized spacial score (nSPS) is 12.0. The highest BCUT2D eigenvalue weighted by Crippen LogP contribution is 2.20. The summed E-state index contributed by atoms with van der Waals surface area (Å²) in [4.78, 5) is 20.7. The molecule has 0 saturated carbocycles. The lowest BCUT2D eigenvalue weighted by Crippen LogP contribution is -2.17. The van der Waals surface area contributed by atoms with Crippen molar-refractivity contribution < 1.29 is 9.53 Å². The molecule has 1 aromatic heterocycles. The van der Waals surface area contributed by atoms with E-state index in [4.69, 9.17) is 4.74 Å². The molecule has 1 atom stereocenters. The molecule has 4 nitrogen and oxygen atoms in total. The summed E-state index contributed by atoms with van der Waals surface area (Å²) >= 11 is 0. The van der Waals surface area contributed by atoms with E-state index in [1.165, 1.54) is 0 Å². The Kier molecular flexibility index (Phi) is 6.27. The third-order valence-corrected chi connectivity index (χ3v) is 3.70. The van der Waals surface area contributed by atoms with E-state index in [0.717, 1.165) is 36.8 Å². The lowest BCUT2D eigenvalue weighted by Gasteiger charge is -2.10. The standard InChI is InChI=1S/C19H24N2O2/c1-4-6-14(3)19(22)23-17-10-8-16(9-11-17)18-20-12-15(7-5-2)13-21-18/h8-14H,4-7H2,1-3H3. The smallest absolute Gasteiger partial charge is 0.314 e. The van der Waals surface area contributed by atoms with E-state index in [-0.39, 0.29) is 11.9 Å². The molecule has 1 heterocycles. The largest absolute Gasteiger partial charge is 0.426 e. The lowest BCUT2D eigenvalue weighted by molar-refractivity contribution is -0.138. The molecule has 23 heavy (non-hydrogen) atoms. The van der Waals surface area contributed by atoms with E-state index in [1.54, 1.807) is 12.1 Å². The summed E-state index contributed by atoms with van der Waals surface area (Å²) in [7, 11) is 0. The van der Waals surface area contributed by atoms with Crippen molar-refractivity contribution in [3.63, 3.8) is 0 Å². The molecular formula is C19H24N2O2. The van der Waals surface area contributed by atoms with Gasteiger partial charge in [0, 0.05) is 18.0 Å². The van der Waals surface area contributed by atoms with Crippen LogP contribution in [0.5, 0.6) is 5.75 Å². The monoisotopic (exact) mass is 312 g/mol. The molecule has 0 aliphatic heterocycles. The fourth-order valence-corrected chi connectivity index (χ4v) is 2.36. The minimum Gasteiger partial charge on any atom is -0.426 e. The van der Waals surface area contributed by atoms with Crippen LogP contribution in [0.4, 0.5) is 0 Å². The molecule has 0 aliphatic carbocycles. The summed E-state index contributed by atoms with van der Waals surface area (Å²) in [5, 5.41) is 0. The fraction of sp³-hybridized carbons (Fsp3) is 0.421. The summed E-state index contributed by atoms with van der Waals surface area (Å²) in [6.07, 6.45) is 7.62. The van der Waals surface area contributed by atoms with Crippen molar-refractivity contribution in [2.75, 3.05) is 0 Å². The minimum absolute atomic E-state index is 0.0749. The van der Waals surface area contributed by atoms with E-state index in [0.29, 0.717) is 11.6 Å². The zero-order valence-electron chi connectivity index (χ0n) is 14.1. The molecule has 2 aromatic rings. The Bertz CT molecular complexity index is 621. The molecule has 1 aromatic carbocycles. The maximum absolute atomic E-state index is 11.9. The summed E-state index contributed by atoms with van der Waals surface area (Å²) in [5.41, 5.74) is 2.06. The molecule has 0 spiro atoms. The first-order valence-corrected chi connectivity index (χ1v) is 8.27. The number of aromatic nitrogens is 2. The Morgan fingerprint density at radius 1 is 1.09 bits per heavy atom. The Morgan fingerprint density at radius 3 is 2.30 bits per heavy atom. The van der Waals surface area contributed by atoms with Crippen LogP contribution >= 0.6 is 0 Å². The average Bonchev–Trinajstić information content (AvgIpc) is 2.57. The number of carbonyl (C=O) groups is 1. The van der Waals surface area contributed by atoms with Gasteiger partial charge in [-0.1, -0.05) is 33.6 Å². The van der Waals surface area contributed by atoms with Gasteiger partial charge in [0.2, 0.25) is 0 Å². The average molecular weight is 312 g/mol. The summed E-state index contributed by atoms with van der Waals surface area (Å²) in [5.74, 6) is 0.986. The SMILES string of the molecule is CCCc1cnc(-c2ccc(OC(=O)C(C)CCC)cc2)nc1. The van der Waals surface area contributed by atoms with Gasteiger partial charge in [0.05, 0.1) is 5.92 Å². The van der Waals surface area contributed by atoms with Crippen molar-refractivity contribution in [1.29, 1.82) is 0 Å². The van der Waals surface area contributed by atoms with E-state index >= 15 is 0 Å². The fourth-order valence-electron chi connectivity index (χ4n) is 2.36. The number of rotatable bonds is 7. The quantitative estimate of drug-likeness (QED) is 0.560. The number of hydrogen-bond donors (Lipinski definition) is 0. The Balaban J connectivity index is 2.02. The highest BCUT2D eigenvalue weighted by atomic mass is 16.5. The van der Waals surface area contributed by atoms with Crippen LogP contribution in [-0.2, 0) is 11.2 Å². The maximum atomic E-state index is 11.9. The minimum atomic E-state index is -0.181. The Labute approximate surface area is 137 Å². The number of ether oxygens (including phenoxy) is 1. The summed E-state index contributed by atoms with van der Waals surface area (Å²) < 4.78 is 5.39. The molecule has 1 unspecified atom stereocenters. The third-order valence-electron chi connectivity index (χ3n) is 3.70. The number of benzene rings is 1. The van der Waals surface area contributed by atoms with Crippen molar-refractivity contribution in [1.82, 2.24) is 9.97 Å². The highest BCUT2D eigenvalue weighted by molar-refractivity contribution is 5.74. The molecule has 0 fully saturated rings. The second-order valence-electron chi connectivity index (χ2n) is 5.80. The van der Waals surface area contributed by atoms with Gasteiger partial charge in [0.15, 0.2) is 5.82 Å². The molecule has 2 rings (SSSR count). The predicted molar refractivity (Wildman–Crippen MR) is 91.2 cm³/mol. The van der Waals surface area contributed by atoms with Crippen LogP contribution in [0, 0.1) is 5.92 Å². The van der Waals surface area contributed by atoms with Gasteiger partial charge in [-0.15, -0.1) is 0 Å². The van der Waals surface area contributed by atoms with Gasteiger partial charge in [0.25, 0.3) is 0 Å². The molecule has 0 radical (unpaired) electrons. The van der Waals surface area contributed by atoms with Gasteiger partial charge in [-0.05, 0) is 42.7 Å². The first kappa shape index (κ1) is 17.1. The zero-order valence-corrected chi connectivity index (χ0v) is 14.1. The van der Waals surface area contributed by atoms with E-state index in [2.05, 4.69) is 23.8 Å². The summed E-state index contributed by atoms with van der Waals surface area (Å²) in [6.45, 7) is 6.09. The van der Waals surface area contributed by atoms with Crippen LogP contribution < -0.4 is 4.74 Å². The molecule has 0 aliphatic rings. The van der Waals surface area contributed by atoms with Crippen molar-refractivity contribution >= 4 is 5.97 Å². The van der Waals surface area contributed by atoms with E-state index in [9.17, 15) is 4.79 Å². The number of esters is 1. The van der Waals surface area contributed by atoms with Gasteiger partial charge in [0.1, 0.15) is 5.75 Å². The Hall–Kier alpha value is -2.23. The molecule has 0 N–H and O–H groups in total. The van der Waals surface area contributed by atoms with Crippen LogP contribution in [0.1, 0.15) is 45.6 Å². The zero-order chi connectivity index (χ0) is 16.7. The molecule has 0 saturated heterocycles. The van der Waals surface area contributed by atoms with E-state index in [1.807, 2.05) is 31.5 Å². The molecular weight excluding hydrogens is 288 g/mol. The van der Waals surface area contributed by atoms with Crippen molar-refractivity contribution in [3.8, 4) is 17.1 Å². The second-order valence-corrected chi connectivity index (χ2v) is 5.80. The number of hydrogen-bond acceptors (Lipinski definition) is 4. The van der Waals surface area contributed by atoms with Gasteiger partial charge in [-0.3, -0.25) is 4.79 Å². The number of carbonyl (C=O) groups excluding carboxylic acids is 1. The molecule has 0 bridgehead atoms. The Morgan fingerprint density at radius 2 is 1.74 bits per heavy atom. The van der Waals surface area contributed by atoms with Crippen molar-refractivity contribution in [2.45, 2.75) is 46.5 Å². The van der Waals surface area contributed by atoms with Gasteiger partial charge in [-0.25, -0.2) is 9.97 Å². The van der Waals surface area contributed by atoms with Crippen LogP contribution in [0.15, 0.2) is 36.7 Å². The maximum Gasteiger partial charge on any atom is 0.314 e. The van der Waals surface area contributed by atoms with Gasteiger partial charge < -0.3 is 4.74 Å². The van der Waals surface area contributed by atoms with Crippen molar-refractivity contribution in [3.05, 3.63) is 42.2 Å². The van der Waals surface area contributed by atoms with Crippen LogP contribution in [0.2, 0.25) is 0 Å². The summed E-state index contributed by atoms with van der Waals surface area (Å²) in [6, 6.07) is 7.33. The number of nitrogens with zero attached hydrogens (tertiary/aromatic N) is 2. The lowest BCUT2D eigenvalue weighted by atomic mass is 10.1. The molecule has 122 valence electrons. The van der Waals surface area contributed by atoms with Crippen LogP contribution in [-0.4, -0.2) is 15.9 Å². The second kappa shape index (κ2) is 8.42. The van der Waals surface area contributed by atoms with Crippen LogP contribution in [0.25, 0.3) is 11.4 Å². The van der Waals surface area contributed by atoms with Gasteiger partial charge >= 0.3 is 5.97 Å².